The third kappa shape index (κ3) is 2.26. The zero-order chi connectivity index (χ0) is 13.1. The number of aromatic nitrogens is 2. The highest BCUT2D eigenvalue weighted by Crippen LogP contribution is 2.28. The molecule has 0 aliphatic heterocycles. The van der Waals surface area contributed by atoms with Crippen LogP contribution in [0.15, 0.2) is 30.3 Å². The van der Waals surface area contributed by atoms with E-state index >= 15 is 0 Å². The lowest BCUT2D eigenvalue weighted by atomic mass is 10.0. The molecule has 0 radical (unpaired) electrons. The van der Waals surface area contributed by atoms with Crippen LogP contribution in [0.1, 0.15) is 44.4 Å². The molecule has 3 heteroatoms. The van der Waals surface area contributed by atoms with E-state index in [9.17, 15) is 0 Å². The predicted molar refractivity (Wildman–Crippen MR) is 76.1 cm³/mol. The summed E-state index contributed by atoms with van der Waals surface area (Å²) in [5.74, 6) is 1.18. The highest BCUT2D eigenvalue weighted by molar-refractivity contribution is 5.51. The molecule has 0 saturated carbocycles. The van der Waals surface area contributed by atoms with Crippen molar-refractivity contribution in [2.24, 2.45) is 0 Å². The number of nitrogens with zero attached hydrogens (tertiary/aromatic N) is 2. The van der Waals surface area contributed by atoms with Crippen LogP contribution < -0.4 is 5.73 Å². The van der Waals surface area contributed by atoms with E-state index in [1.165, 1.54) is 5.56 Å². The molecule has 0 spiro atoms. The lowest BCUT2D eigenvalue weighted by Gasteiger charge is -2.07. The van der Waals surface area contributed by atoms with Gasteiger partial charge in [-0.3, -0.25) is 0 Å². The van der Waals surface area contributed by atoms with Crippen LogP contribution in [0.25, 0.3) is 5.69 Å². The molecular formula is C15H21N3. The van der Waals surface area contributed by atoms with E-state index in [1.807, 2.05) is 35.0 Å². The van der Waals surface area contributed by atoms with E-state index in [4.69, 9.17) is 5.73 Å². The Balaban J connectivity index is 2.53. The fraction of sp³-hybridized carbons (Fsp3) is 0.400. The summed E-state index contributed by atoms with van der Waals surface area (Å²) in [5.41, 5.74) is 9.62. The second-order valence-corrected chi connectivity index (χ2v) is 4.90. The highest BCUT2D eigenvalue weighted by Gasteiger charge is 2.18. The first-order valence-electron chi connectivity index (χ1n) is 6.57. The van der Waals surface area contributed by atoms with Crippen LogP contribution >= 0.6 is 0 Å². The number of nitrogens with two attached hydrogens (primary N) is 1. The monoisotopic (exact) mass is 243 g/mol. The Morgan fingerprint density at radius 2 is 1.89 bits per heavy atom. The van der Waals surface area contributed by atoms with Crippen molar-refractivity contribution in [1.29, 1.82) is 0 Å². The smallest absolute Gasteiger partial charge is 0.130 e. The summed E-state index contributed by atoms with van der Waals surface area (Å²) in [6.07, 6.45) is 2.07. The Kier molecular flexibility index (Phi) is 3.70. The van der Waals surface area contributed by atoms with Crippen molar-refractivity contribution in [2.45, 2.75) is 39.5 Å². The van der Waals surface area contributed by atoms with E-state index in [2.05, 4.69) is 25.9 Å². The zero-order valence-corrected chi connectivity index (χ0v) is 11.4. The number of para-hydroxylation sites is 1. The van der Waals surface area contributed by atoms with Crippen LogP contribution in [-0.4, -0.2) is 9.78 Å². The number of nitrogen functional groups attached to an aromatic ring is 1. The summed E-state index contributed by atoms with van der Waals surface area (Å²) in [7, 11) is 0. The predicted octanol–water partition coefficient (Wildman–Crippen LogP) is 3.53. The molecule has 0 aliphatic carbocycles. The van der Waals surface area contributed by atoms with Crippen molar-refractivity contribution in [2.75, 3.05) is 5.73 Å². The molecular weight excluding hydrogens is 222 g/mol. The van der Waals surface area contributed by atoms with Gasteiger partial charge in [0.05, 0.1) is 11.4 Å². The zero-order valence-electron chi connectivity index (χ0n) is 11.4. The van der Waals surface area contributed by atoms with Gasteiger partial charge in [0.25, 0.3) is 0 Å². The number of aryl methyl sites for hydroxylation is 1. The van der Waals surface area contributed by atoms with Gasteiger partial charge in [-0.2, -0.15) is 5.10 Å². The minimum Gasteiger partial charge on any atom is -0.383 e. The maximum Gasteiger partial charge on any atom is 0.130 e. The van der Waals surface area contributed by atoms with Crippen LogP contribution in [-0.2, 0) is 6.42 Å². The first kappa shape index (κ1) is 12.7. The summed E-state index contributed by atoms with van der Waals surface area (Å²) in [5, 5.41) is 4.68. The van der Waals surface area contributed by atoms with Gasteiger partial charge < -0.3 is 5.73 Å². The minimum absolute atomic E-state index is 0.406. The Bertz CT molecular complexity index is 512. The van der Waals surface area contributed by atoms with Crippen molar-refractivity contribution in [3.05, 3.63) is 41.6 Å². The Morgan fingerprint density at radius 3 is 2.44 bits per heavy atom. The molecule has 1 aromatic heterocycles. The van der Waals surface area contributed by atoms with E-state index in [1.54, 1.807) is 0 Å². The lowest BCUT2D eigenvalue weighted by molar-refractivity contribution is 0.791. The number of benzene rings is 1. The van der Waals surface area contributed by atoms with Gasteiger partial charge in [-0.25, -0.2) is 4.68 Å². The Labute approximate surface area is 109 Å². The lowest BCUT2D eigenvalue weighted by Crippen LogP contribution is -2.03. The minimum atomic E-state index is 0.406. The normalized spacial score (nSPS) is 11.1. The molecule has 18 heavy (non-hydrogen) atoms. The van der Waals surface area contributed by atoms with E-state index in [-0.39, 0.29) is 0 Å². The molecule has 3 nitrogen and oxygen atoms in total. The Morgan fingerprint density at radius 1 is 1.22 bits per heavy atom. The van der Waals surface area contributed by atoms with Gasteiger partial charge in [0, 0.05) is 5.56 Å². The van der Waals surface area contributed by atoms with Crippen molar-refractivity contribution < 1.29 is 0 Å². The topological polar surface area (TPSA) is 43.8 Å². The molecule has 1 heterocycles. The van der Waals surface area contributed by atoms with Crippen molar-refractivity contribution in [3.8, 4) is 5.69 Å². The second-order valence-electron chi connectivity index (χ2n) is 4.90. The maximum atomic E-state index is 6.27. The Hall–Kier alpha value is -1.77. The third-order valence-corrected chi connectivity index (χ3v) is 3.10. The highest BCUT2D eigenvalue weighted by atomic mass is 15.3. The molecule has 2 N–H and O–H groups in total. The van der Waals surface area contributed by atoms with Crippen LogP contribution in [0.2, 0.25) is 0 Å². The summed E-state index contributed by atoms with van der Waals surface area (Å²) in [4.78, 5) is 0. The largest absolute Gasteiger partial charge is 0.383 e. The number of anilines is 1. The molecule has 0 unspecified atom stereocenters. The average molecular weight is 243 g/mol. The first-order chi connectivity index (χ1) is 8.65. The van der Waals surface area contributed by atoms with E-state index < -0.39 is 0 Å². The molecule has 96 valence electrons. The van der Waals surface area contributed by atoms with Crippen LogP contribution in [0.3, 0.4) is 0 Å². The number of rotatable bonds is 4. The molecule has 0 fully saturated rings. The van der Waals surface area contributed by atoms with Crippen LogP contribution in [0.5, 0.6) is 0 Å². The van der Waals surface area contributed by atoms with Gasteiger partial charge >= 0.3 is 0 Å². The molecule has 2 rings (SSSR count). The van der Waals surface area contributed by atoms with Crippen molar-refractivity contribution in [1.82, 2.24) is 9.78 Å². The van der Waals surface area contributed by atoms with Gasteiger partial charge in [-0.1, -0.05) is 45.4 Å². The van der Waals surface area contributed by atoms with Crippen LogP contribution in [0, 0.1) is 0 Å². The molecule has 0 aliphatic rings. The third-order valence-electron chi connectivity index (χ3n) is 3.10. The van der Waals surface area contributed by atoms with Crippen molar-refractivity contribution in [3.63, 3.8) is 0 Å². The molecule has 0 amide bonds. The van der Waals surface area contributed by atoms with E-state index in [0.29, 0.717) is 5.92 Å². The van der Waals surface area contributed by atoms with Crippen molar-refractivity contribution >= 4 is 5.82 Å². The molecule has 0 saturated heterocycles. The molecule has 0 atom stereocenters. The van der Waals surface area contributed by atoms with Gasteiger partial charge in [0.2, 0.25) is 0 Å². The fourth-order valence-corrected chi connectivity index (χ4v) is 2.31. The summed E-state index contributed by atoms with van der Waals surface area (Å²) in [6.45, 7) is 6.51. The van der Waals surface area contributed by atoms with E-state index in [0.717, 1.165) is 30.0 Å². The van der Waals surface area contributed by atoms with Gasteiger partial charge in [0.15, 0.2) is 0 Å². The van der Waals surface area contributed by atoms with Gasteiger partial charge in [-0.15, -0.1) is 0 Å². The summed E-state index contributed by atoms with van der Waals surface area (Å²) < 4.78 is 1.86. The molecule has 0 bridgehead atoms. The standard InChI is InChI=1S/C15H21N3/c1-4-8-13-14(11(2)3)15(16)18(17-13)12-9-6-5-7-10-12/h5-7,9-11H,4,8,16H2,1-3H3. The van der Waals surface area contributed by atoms with Gasteiger partial charge in [-0.05, 0) is 24.5 Å². The van der Waals surface area contributed by atoms with Crippen LogP contribution in [0.4, 0.5) is 5.82 Å². The average Bonchev–Trinajstić information content (AvgIpc) is 2.68. The molecule has 1 aromatic carbocycles. The molecule has 2 aromatic rings. The number of hydrogen-bond acceptors (Lipinski definition) is 2. The summed E-state index contributed by atoms with van der Waals surface area (Å²) in [6, 6.07) is 10.1. The number of hydrogen-bond donors (Lipinski definition) is 1. The van der Waals surface area contributed by atoms with Gasteiger partial charge in [0.1, 0.15) is 5.82 Å². The summed E-state index contributed by atoms with van der Waals surface area (Å²) >= 11 is 0. The quantitative estimate of drug-likeness (QED) is 0.892. The SMILES string of the molecule is CCCc1nn(-c2ccccc2)c(N)c1C(C)C. The fourth-order valence-electron chi connectivity index (χ4n) is 2.31. The second kappa shape index (κ2) is 5.25. The first-order valence-corrected chi connectivity index (χ1v) is 6.57. The maximum absolute atomic E-state index is 6.27.